The summed E-state index contributed by atoms with van der Waals surface area (Å²) in [5.41, 5.74) is 0. The van der Waals surface area contributed by atoms with E-state index >= 15 is 0 Å². The van der Waals surface area contributed by atoms with Crippen LogP contribution in [0.4, 0.5) is 0 Å². The van der Waals surface area contributed by atoms with Crippen LogP contribution in [-0.2, 0) is 0 Å². The minimum absolute atomic E-state index is 0.813. The standard InChI is InChI=1S/C5H11N3/c1-5(7-6-2)8(3)4/h3H2,1-2,4H3/q+2. The van der Waals surface area contributed by atoms with E-state index in [1.165, 1.54) is 0 Å². The molecule has 44 valence electrons. The number of nitrogens with zero attached hydrogens (tertiary/aromatic N) is 3. The Kier molecular flexibility index (Phi) is 2.74. The fraction of sp³-hybridized carbons (Fsp3) is 0.600. The molecular formula is C5H11N3+2. The fourth-order valence-electron chi connectivity index (χ4n) is 0.221. The first kappa shape index (κ1) is 7.05. The molecule has 0 rings (SSSR count). The van der Waals surface area contributed by atoms with E-state index in [1.807, 2.05) is 14.0 Å². The molecule has 0 fully saturated rings. The molecule has 0 heterocycles. The maximum Gasteiger partial charge on any atom is 0.562 e. The third-order valence-corrected chi connectivity index (χ3v) is 0.797. The largest absolute Gasteiger partial charge is 0.562 e. The molecule has 0 aliphatic rings. The van der Waals surface area contributed by atoms with Gasteiger partial charge < -0.3 is 0 Å². The van der Waals surface area contributed by atoms with Gasteiger partial charge in [0.25, 0.3) is 0 Å². The van der Waals surface area contributed by atoms with E-state index in [4.69, 9.17) is 0 Å². The van der Waals surface area contributed by atoms with Crippen LogP contribution >= 0.6 is 0 Å². The van der Waals surface area contributed by atoms with Crippen LogP contribution in [0.1, 0.15) is 6.92 Å². The van der Waals surface area contributed by atoms with Gasteiger partial charge >= 0.3 is 5.84 Å². The maximum atomic E-state index is 3.73. The van der Waals surface area contributed by atoms with Gasteiger partial charge in [-0.2, -0.15) is 0 Å². The number of amidine groups is 1. The minimum Gasteiger partial charge on any atom is -0.140 e. The van der Waals surface area contributed by atoms with Gasteiger partial charge in [-0.1, -0.05) is 0 Å². The molecule has 0 aliphatic heterocycles. The van der Waals surface area contributed by atoms with Crippen molar-refractivity contribution in [2.24, 2.45) is 5.11 Å². The molecule has 3 nitrogen and oxygen atoms in total. The zero-order chi connectivity index (χ0) is 6.57. The Balaban J connectivity index is 4.24. The number of rotatable bonds is 0. The summed E-state index contributed by atoms with van der Waals surface area (Å²) in [6.07, 6.45) is 0. The minimum atomic E-state index is 0.813. The Morgan fingerprint density at radius 3 is 2.38 bits per heavy atom. The van der Waals surface area contributed by atoms with Crippen molar-refractivity contribution in [2.75, 3.05) is 14.1 Å². The molecule has 0 aliphatic carbocycles. The lowest BCUT2D eigenvalue weighted by molar-refractivity contribution is -0.400. The van der Waals surface area contributed by atoms with Crippen molar-refractivity contribution >= 4 is 12.6 Å². The van der Waals surface area contributed by atoms with Crippen LogP contribution < -0.4 is 0 Å². The molecule has 0 atom stereocenters. The molecule has 0 aromatic heterocycles. The first-order valence-corrected chi connectivity index (χ1v) is 2.36. The van der Waals surface area contributed by atoms with E-state index in [0.717, 1.165) is 5.84 Å². The summed E-state index contributed by atoms with van der Waals surface area (Å²) >= 11 is 0. The first-order chi connectivity index (χ1) is 3.68. The highest BCUT2D eigenvalue weighted by molar-refractivity contribution is 5.66. The van der Waals surface area contributed by atoms with Crippen molar-refractivity contribution in [2.45, 2.75) is 6.92 Å². The van der Waals surface area contributed by atoms with E-state index < -0.39 is 0 Å². The van der Waals surface area contributed by atoms with Crippen molar-refractivity contribution in [3.8, 4) is 0 Å². The molecule has 0 saturated carbocycles. The molecule has 0 radical (unpaired) electrons. The maximum absolute atomic E-state index is 3.73. The highest BCUT2D eigenvalue weighted by Gasteiger charge is 2.08. The molecule has 3 heteroatoms. The molecule has 0 spiro atoms. The van der Waals surface area contributed by atoms with Crippen LogP contribution in [0.5, 0.6) is 0 Å². The third kappa shape index (κ3) is 2.26. The average Bonchev–Trinajstić information content (AvgIpc) is 1.67. The summed E-state index contributed by atoms with van der Waals surface area (Å²) in [6, 6.07) is 0. The van der Waals surface area contributed by atoms with Crippen molar-refractivity contribution in [1.82, 2.24) is 0 Å². The SMILES string of the molecule is C=[N+](C)C(C)=[N+]=NC. The number of hydrogen-bond acceptors (Lipinski definition) is 1. The predicted octanol–water partition coefficient (Wildman–Crippen LogP) is 0.0379. The van der Waals surface area contributed by atoms with Crippen molar-refractivity contribution in [1.29, 1.82) is 0 Å². The van der Waals surface area contributed by atoms with Gasteiger partial charge in [-0.3, -0.25) is 0 Å². The Morgan fingerprint density at radius 1 is 1.75 bits per heavy atom. The summed E-state index contributed by atoms with van der Waals surface area (Å²) in [4.78, 5) is 3.73. The topological polar surface area (TPSA) is 29.5 Å². The van der Waals surface area contributed by atoms with Crippen LogP contribution in [0.15, 0.2) is 5.11 Å². The first-order valence-electron chi connectivity index (χ1n) is 2.36. The Bertz CT molecular complexity index is 151. The highest BCUT2D eigenvalue weighted by atomic mass is 15.1. The van der Waals surface area contributed by atoms with Gasteiger partial charge in [0.2, 0.25) is 0 Å². The zero-order valence-corrected chi connectivity index (χ0v) is 5.55. The normalized spacial score (nSPS) is 7.38. The van der Waals surface area contributed by atoms with E-state index in [-0.39, 0.29) is 0 Å². The zero-order valence-electron chi connectivity index (χ0n) is 5.55. The van der Waals surface area contributed by atoms with Crippen LogP contribution in [0.3, 0.4) is 0 Å². The smallest absolute Gasteiger partial charge is 0.140 e. The van der Waals surface area contributed by atoms with Gasteiger partial charge in [0, 0.05) is 0 Å². The second-order valence-electron chi connectivity index (χ2n) is 1.55. The molecule has 0 bridgehead atoms. The lowest BCUT2D eigenvalue weighted by Crippen LogP contribution is -2.10. The summed E-state index contributed by atoms with van der Waals surface area (Å²) in [5.74, 6) is 0.813. The van der Waals surface area contributed by atoms with Crippen LogP contribution in [-0.4, -0.2) is 36.0 Å². The van der Waals surface area contributed by atoms with Crippen molar-refractivity contribution < 1.29 is 9.37 Å². The second-order valence-corrected chi connectivity index (χ2v) is 1.55. The Morgan fingerprint density at radius 2 is 2.25 bits per heavy atom. The van der Waals surface area contributed by atoms with Crippen molar-refractivity contribution in [3.63, 3.8) is 0 Å². The van der Waals surface area contributed by atoms with Gasteiger partial charge in [-0.25, -0.2) is 0 Å². The van der Waals surface area contributed by atoms with E-state index in [1.54, 1.807) is 11.6 Å². The number of hydrogen-bond donors (Lipinski definition) is 0. The van der Waals surface area contributed by atoms with Gasteiger partial charge in [0.1, 0.15) is 32.5 Å². The Hall–Kier alpha value is -0.950. The third-order valence-electron chi connectivity index (χ3n) is 0.797. The lowest BCUT2D eigenvalue weighted by Gasteiger charge is -1.69. The van der Waals surface area contributed by atoms with Gasteiger partial charge in [-0.15, -0.1) is 4.58 Å². The van der Waals surface area contributed by atoms with E-state index in [2.05, 4.69) is 16.6 Å². The predicted molar refractivity (Wildman–Crippen MR) is 32.6 cm³/mol. The van der Waals surface area contributed by atoms with Crippen LogP contribution in [0, 0.1) is 0 Å². The molecular weight excluding hydrogens is 102 g/mol. The van der Waals surface area contributed by atoms with E-state index in [0.29, 0.717) is 0 Å². The monoisotopic (exact) mass is 113 g/mol. The van der Waals surface area contributed by atoms with Crippen LogP contribution in [0.2, 0.25) is 0 Å². The summed E-state index contributed by atoms with van der Waals surface area (Å²) in [6.45, 7) is 5.45. The highest BCUT2D eigenvalue weighted by Crippen LogP contribution is 1.63. The Labute approximate surface area is 49.1 Å². The van der Waals surface area contributed by atoms with Gasteiger partial charge in [0.15, 0.2) is 0 Å². The molecule has 0 saturated heterocycles. The quantitative estimate of drug-likeness (QED) is 0.139. The fourth-order valence-corrected chi connectivity index (χ4v) is 0.221. The summed E-state index contributed by atoms with van der Waals surface area (Å²) in [5, 5.41) is 3.56. The van der Waals surface area contributed by atoms with Gasteiger partial charge in [0.05, 0.1) is 5.11 Å². The molecule has 0 N–H and O–H groups in total. The molecule has 0 amide bonds. The molecule has 0 unspecified atom stereocenters. The summed E-state index contributed by atoms with van der Waals surface area (Å²) in [7, 11) is 3.46. The van der Waals surface area contributed by atoms with Crippen LogP contribution in [0.25, 0.3) is 0 Å². The lowest BCUT2D eigenvalue weighted by atomic mass is 10.7. The molecule has 0 aromatic carbocycles. The van der Waals surface area contributed by atoms with Crippen molar-refractivity contribution in [3.05, 3.63) is 0 Å². The molecule has 8 heavy (non-hydrogen) atoms. The van der Waals surface area contributed by atoms with Gasteiger partial charge in [-0.05, 0) is 0 Å². The average molecular weight is 113 g/mol. The summed E-state index contributed by atoms with van der Waals surface area (Å²) < 4.78 is 1.66. The van der Waals surface area contributed by atoms with E-state index in [9.17, 15) is 0 Å². The molecule has 0 aromatic rings. The second kappa shape index (κ2) is 3.10.